The van der Waals surface area contributed by atoms with Gasteiger partial charge in [-0.05, 0) is 18.6 Å². The topological polar surface area (TPSA) is 90.6 Å². The van der Waals surface area contributed by atoms with E-state index >= 15 is 0 Å². The molecule has 2 N–H and O–H groups in total. The quantitative estimate of drug-likeness (QED) is 0.741. The summed E-state index contributed by atoms with van der Waals surface area (Å²) < 4.78 is 4.32. The number of ether oxygens (including phenoxy) is 1. The van der Waals surface area contributed by atoms with Crippen LogP contribution in [0.2, 0.25) is 0 Å². The van der Waals surface area contributed by atoms with Crippen molar-refractivity contribution in [2.24, 2.45) is 0 Å². The summed E-state index contributed by atoms with van der Waals surface area (Å²) in [6, 6.07) is 6.67. The maximum Gasteiger partial charge on any atom is 0.337 e. The summed E-state index contributed by atoms with van der Waals surface area (Å²) in [4.78, 5) is 11.1. The lowest BCUT2D eigenvalue weighted by Crippen LogP contribution is -2.29. The minimum Gasteiger partial charge on any atom is -0.467 e. The highest BCUT2D eigenvalue weighted by molar-refractivity contribution is 5.75. The summed E-state index contributed by atoms with van der Waals surface area (Å²) in [6.07, 6.45) is -3.17. The van der Waals surface area contributed by atoms with Crippen LogP contribution in [0, 0.1) is 18.3 Å². The molecule has 0 saturated carbocycles. The Morgan fingerprint density at radius 1 is 1.47 bits per heavy atom. The molecule has 5 nitrogen and oxygen atoms in total. The second-order valence-electron chi connectivity index (χ2n) is 3.62. The van der Waals surface area contributed by atoms with Gasteiger partial charge >= 0.3 is 5.97 Å². The van der Waals surface area contributed by atoms with E-state index in [4.69, 9.17) is 5.26 Å². The average Bonchev–Trinajstić information content (AvgIpc) is 2.35. The standard InChI is InChI=1S/C12H13NO4/c1-7-3-4-9(8(5-7)6-13)10(14)11(15)12(16)17-2/h3-5,10-11,14-15H,1-2H3. The van der Waals surface area contributed by atoms with Crippen molar-refractivity contribution in [3.8, 4) is 6.07 Å². The van der Waals surface area contributed by atoms with Crippen molar-refractivity contribution in [1.82, 2.24) is 0 Å². The lowest BCUT2D eigenvalue weighted by atomic mass is 9.97. The van der Waals surface area contributed by atoms with Gasteiger partial charge < -0.3 is 14.9 Å². The molecular formula is C12H13NO4. The van der Waals surface area contributed by atoms with Gasteiger partial charge in [-0.25, -0.2) is 4.79 Å². The SMILES string of the molecule is COC(=O)C(O)C(O)c1ccc(C)cc1C#N. The van der Waals surface area contributed by atoms with Crippen molar-refractivity contribution < 1.29 is 19.7 Å². The molecule has 0 aliphatic heterocycles. The molecule has 90 valence electrons. The first-order chi connectivity index (χ1) is 8.01. The highest BCUT2D eigenvalue weighted by Crippen LogP contribution is 2.22. The molecule has 0 aliphatic carbocycles. The number of aliphatic hydroxyl groups excluding tert-OH is 2. The van der Waals surface area contributed by atoms with Crippen LogP contribution in [-0.4, -0.2) is 29.4 Å². The first-order valence-electron chi connectivity index (χ1n) is 4.96. The van der Waals surface area contributed by atoms with Crippen LogP contribution in [0.5, 0.6) is 0 Å². The maximum absolute atomic E-state index is 11.1. The summed E-state index contributed by atoms with van der Waals surface area (Å²) in [7, 11) is 1.11. The fourth-order valence-electron chi connectivity index (χ4n) is 1.44. The van der Waals surface area contributed by atoms with Crippen LogP contribution in [0.1, 0.15) is 22.8 Å². The van der Waals surface area contributed by atoms with Crippen LogP contribution >= 0.6 is 0 Å². The van der Waals surface area contributed by atoms with E-state index in [0.29, 0.717) is 0 Å². The average molecular weight is 235 g/mol. The Hall–Kier alpha value is -1.90. The minimum atomic E-state index is -1.70. The van der Waals surface area contributed by atoms with Gasteiger partial charge in [-0.3, -0.25) is 0 Å². The lowest BCUT2D eigenvalue weighted by Gasteiger charge is -2.17. The number of carbonyl (C=O) groups is 1. The molecule has 17 heavy (non-hydrogen) atoms. The minimum absolute atomic E-state index is 0.205. The number of carbonyl (C=O) groups excluding carboxylic acids is 1. The van der Waals surface area contributed by atoms with Crippen LogP contribution in [0.25, 0.3) is 0 Å². The molecule has 2 unspecified atom stereocenters. The molecule has 0 aromatic heterocycles. The number of aliphatic hydroxyl groups is 2. The highest BCUT2D eigenvalue weighted by atomic mass is 16.5. The molecule has 0 saturated heterocycles. The number of rotatable bonds is 3. The lowest BCUT2D eigenvalue weighted by molar-refractivity contribution is -0.156. The third kappa shape index (κ3) is 2.81. The van der Waals surface area contributed by atoms with Crippen molar-refractivity contribution in [2.75, 3.05) is 7.11 Å². The molecule has 5 heteroatoms. The molecule has 0 spiro atoms. The molecule has 0 aliphatic rings. The molecule has 1 rings (SSSR count). The van der Waals surface area contributed by atoms with Gasteiger partial charge in [-0.2, -0.15) is 5.26 Å². The Morgan fingerprint density at radius 3 is 2.65 bits per heavy atom. The fraction of sp³-hybridized carbons (Fsp3) is 0.333. The Kier molecular flexibility index (Phi) is 4.21. The summed E-state index contributed by atoms with van der Waals surface area (Å²) in [5.41, 5.74) is 1.28. The van der Waals surface area contributed by atoms with Crippen molar-refractivity contribution in [1.29, 1.82) is 5.26 Å². The second kappa shape index (κ2) is 5.43. The number of esters is 1. The van der Waals surface area contributed by atoms with E-state index in [2.05, 4.69) is 4.74 Å². The smallest absolute Gasteiger partial charge is 0.337 e. The van der Waals surface area contributed by atoms with Gasteiger partial charge in [-0.15, -0.1) is 0 Å². The van der Waals surface area contributed by atoms with Gasteiger partial charge in [0.15, 0.2) is 6.10 Å². The Morgan fingerprint density at radius 2 is 2.12 bits per heavy atom. The summed E-state index contributed by atoms with van der Waals surface area (Å²) >= 11 is 0. The zero-order valence-corrected chi connectivity index (χ0v) is 9.54. The molecule has 0 bridgehead atoms. The third-order valence-corrected chi connectivity index (χ3v) is 2.39. The van der Waals surface area contributed by atoms with Crippen LogP contribution in [0.15, 0.2) is 18.2 Å². The Labute approximate surface area is 98.9 Å². The van der Waals surface area contributed by atoms with Crippen LogP contribution < -0.4 is 0 Å². The zero-order chi connectivity index (χ0) is 13.0. The van der Waals surface area contributed by atoms with E-state index in [0.717, 1.165) is 12.7 Å². The summed E-state index contributed by atoms with van der Waals surface area (Å²) in [5.74, 6) is -0.943. The van der Waals surface area contributed by atoms with Crippen LogP contribution in [-0.2, 0) is 9.53 Å². The van der Waals surface area contributed by atoms with Crippen molar-refractivity contribution in [2.45, 2.75) is 19.1 Å². The summed E-state index contributed by atoms with van der Waals surface area (Å²) in [5, 5.41) is 28.2. The van der Waals surface area contributed by atoms with E-state index in [1.807, 2.05) is 6.07 Å². The predicted octanol–water partition coefficient (Wildman–Crippen LogP) is 0.434. The number of aryl methyl sites for hydroxylation is 1. The molecule has 1 aromatic rings. The largest absolute Gasteiger partial charge is 0.467 e. The first kappa shape index (κ1) is 13.2. The number of hydrogen-bond acceptors (Lipinski definition) is 5. The summed E-state index contributed by atoms with van der Waals surface area (Å²) in [6.45, 7) is 1.80. The van der Waals surface area contributed by atoms with Gasteiger partial charge in [0.05, 0.1) is 18.7 Å². The number of benzene rings is 1. The van der Waals surface area contributed by atoms with Crippen molar-refractivity contribution in [3.63, 3.8) is 0 Å². The van der Waals surface area contributed by atoms with E-state index in [1.165, 1.54) is 6.07 Å². The molecule has 0 fully saturated rings. The van der Waals surface area contributed by atoms with E-state index in [-0.39, 0.29) is 11.1 Å². The van der Waals surface area contributed by atoms with Gasteiger partial charge in [0.2, 0.25) is 0 Å². The van der Waals surface area contributed by atoms with E-state index < -0.39 is 18.2 Å². The number of methoxy groups -OCH3 is 1. The molecule has 1 aromatic carbocycles. The van der Waals surface area contributed by atoms with Crippen LogP contribution in [0.3, 0.4) is 0 Å². The molecule has 0 amide bonds. The Bertz CT molecular complexity index is 464. The third-order valence-electron chi connectivity index (χ3n) is 2.39. The van der Waals surface area contributed by atoms with Gasteiger partial charge in [0.1, 0.15) is 6.10 Å². The van der Waals surface area contributed by atoms with Gasteiger partial charge in [0.25, 0.3) is 0 Å². The number of nitriles is 1. The molecule has 0 heterocycles. The fourth-order valence-corrected chi connectivity index (χ4v) is 1.44. The molecular weight excluding hydrogens is 222 g/mol. The van der Waals surface area contributed by atoms with Crippen molar-refractivity contribution >= 4 is 5.97 Å². The zero-order valence-electron chi connectivity index (χ0n) is 9.54. The Balaban J connectivity index is 3.08. The first-order valence-corrected chi connectivity index (χ1v) is 4.96. The second-order valence-corrected chi connectivity index (χ2v) is 3.62. The van der Waals surface area contributed by atoms with E-state index in [1.54, 1.807) is 19.1 Å². The van der Waals surface area contributed by atoms with Crippen LogP contribution in [0.4, 0.5) is 0 Å². The molecule has 2 atom stereocenters. The molecule has 0 radical (unpaired) electrons. The van der Waals surface area contributed by atoms with Gasteiger partial charge in [0, 0.05) is 5.56 Å². The monoisotopic (exact) mass is 235 g/mol. The van der Waals surface area contributed by atoms with Crippen molar-refractivity contribution in [3.05, 3.63) is 34.9 Å². The normalized spacial score (nSPS) is 13.6. The number of nitrogens with zero attached hydrogens (tertiary/aromatic N) is 1. The predicted molar refractivity (Wildman–Crippen MR) is 58.9 cm³/mol. The van der Waals surface area contributed by atoms with Gasteiger partial charge in [-0.1, -0.05) is 12.1 Å². The maximum atomic E-state index is 11.1. The van der Waals surface area contributed by atoms with E-state index in [9.17, 15) is 15.0 Å². The highest BCUT2D eigenvalue weighted by Gasteiger charge is 2.28. The number of hydrogen-bond donors (Lipinski definition) is 2.